The molecule has 2 aromatic carbocycles. The standard InChI is InChI=1S/C16H11Cl3N4O/c17-10-8-12(18)15(13(19)9-10)21-22-16(24)11-4-1-2-5-14(11)23-7-3-6-20-23/h1-9,21H,(H,22,24). The van der Waals surface area contributed by atoms with Crippen molar-refractivity contribution in [2.45, 2.75) is 0 Å². The van der Waals surface area contributed by atoms with Crippen molar-refractivity contribution in [1.29, 1.82) is 0 Å². The summed E-state index contributed by atoms with van der Waals surface area (Å²) in [5.74, 6) is -0.358. The Morgan fingerprint density at radius 2 is 1.75 bits per heavy atom. The van der Waals surface area contributed by atoms with E-state index in [4.69, 9.17) is 34.8 Å². The SMILES string of the molecule is O=C(NNc1c(Cl)cc(Cl)cc1Cl)c1ccccc1-n1cccn1. The van der Waals surface area contributed by atoms with Crippen LogP contribution in [0, 0.1) is 0 Å². The normalized spacial score (nSPS) is 10.5. The van der Waals surface area contributed by atoms with Crippen molar-refractivity contribution in [2.75, 3.05) is 5.43 Å². The predicted octanol–water partition coefficient (Wildman–Crippen LogP) is 4.59. The smallest absolute Gasteiger partial charge is 0.271 e. The number of hydrazine groups is 1. The van der Waals surface area contributed by atoms with Crippen LogP contribution in [0.15, 0.2) is 54.9 Å². The van der Waals surface area contributed by atoms with Gasteiger partial charge in [-0.3, -0.25) is 15.6 Å². The summed E-state index contributed by atoms with van der Waals surface area (Å²) in [5.41, 5.74) is 6.76. The van der Waals surface area contributed by atoms with E-state index in [1.807, 2.05) is 6.07 Å². The van der Waals surface area contributed by atoms with Crippen LogP contribution in [0.3, 0.4) is 0 Å². The molecule has 0 bridgehead atoms. The van der Waals surface area contributed by atoms with E-state index in [0.29, 0.717) is 32.0 Å². The molecule has 0 aliphatic heterocycles. The highest BCUT2D eigenvalue weighted by molar-refractivity contribution is 6.41. The Bertz CT molecular complexity index is 858. The van der Waals surface area contributed by atoms with E-state index in [9.17, 15) is 4.79 Å². The van der Waals surface area contributed by atoms with E-state index in [1.54, 1.807) is 41.3 Å². The van der Waals surface area contributed by atoms with Crippen LogP contribution in [0.4, 0.5) is 5.69 Å². The molecule has 3 aromatic rings. The first kappa shape index (κ1) is 16.6. The third kappa shape index (κ3) is 3.48. The summed E-state index contributed by atoms with van der Waals surface area (Å²) < 4.78 is 1.61. The van der Waals surface area contributed by atoms with E-state index < -0.39 is 0 Å². The monoisotopic (exact) mass is 380 g/mol. The van der Waals surface area contributed by atoms with Gasteiger partial charge in [0.1, 0.15) is 0 Å². The maximum atomic E-state index is 12.5. The van der Waals surface area contributed by atoms with Crippen LogP contribution in [0.1, 0.15) is 10.4 Å². The van der Waals surface area contributed by atoms with Crippen LogP contribution in [-0.4, -0.2) is 15.7 Å². The molecule has 0 spiro atoms. The number of hydrogen-bond donors (Lipinski definition) is 2. The Morgan fingerprint density at radius 3 is 2.42 bits per heavy atom. The second-order valence-corrected chi connectivity index (χ2v) is 6.04. The molecular formula is C16H11Cl3N4O. The number of carbonyl (C=O) groups excluding carboxylic acids is 1. The van der Waals surface area contributed by atoms with Gasteiger partial charge in [-0.15, -0.1) is 0 Å². The number of hydrogen-bond acceptors (Lipinski definition) is 3. The molecule has 0 fully saturated rings. The third-order valence-corrected chi connectivity index (χ3v) is 4.02. The van der Waals surface area contributed by atoms with Gasteiger partial charge in [0, 0.05) is 17.4 Å². The summed E-state index contributed by atoms with van der Waals surface area (Å²) in [7, 11) is 0. The average Bonchev–Trinajstić information content (AvgIpc) is 3.08. The maximum absolute atomic E-state index is 12.5. The Hall–Kier alpha value is -2.21. The van der Waals surface area contributed by atoms with E-state index in [0.717, 1.165) is 0 Å². The Balaban J connectivity index is 1.82. The summed E-state index contributed by atoms with van der Waals surface area (Å²) in [6.45, 7) is 0. The number of aromatic nitrogens is 2. The number of amides is 1. The number of benzene rings is 2. The number of halogens is 3. The molecule has 8 heteroatoms. The number of nitrogens with one attached hydrogen (secondary N) is 2. The molecule has 2 N–H and O–H groups in total. The molecule has 1 heterocycles. The quantitative estimate of drug-likeness (QED) is 0.650. The van der Waals surface area contributed by atoms with Gasteiger partial charge in [0.2, 0.25) is 0 Å². The zero-order chi connectivity index (χ0) is 17.1. The van der Waals surface area contributed by atoms with Gasteiger partial charge in [-0.05, 0) is 30.3 Å². The summed E-state index contributed by atoms with van der Waals surface area (Å²) in [5, 5.41) is 5.15. The van der Waals surface area contributed by atoms with Crippen molar-refractivity contribution in [3.63, 3.8) is 0 Å². The minimum atomic E-state index is -0.358. The molecule has 0 radical (unpaired) electrons. The molecule has 24 heavy (non-hydrogen) atoms. The van der Waals surface area contributed by atoms with Crippen LogP contribution >= 0.6 is 34.8 Å². The van der Waals surface area contributed by atoms with Crippen LogP contribution in [0.5, 0.6) is 0 Å². The molecule has 3 rings (SSSR count). The molecule has 0 unspecified atom stereocenters. The highest BCUT2D eigenvalue weighted by Gasteiger charge is 2.14. The minimum absolute atomic E-state index is 0.299. The zero-order valence-electron chi connectivity index (χ0n) is 12.1. The first-order valence-electron chi connectivity index (χ1n) is 6.86. The molecule has 122 valence electrons. The summed E-state index contributed by atoms with van der Waals surface area (Å²) in [6.07, 6.45) is 3.40. The van der Waals surface area contributed by atoms with Crippen LogP contribution in [0.2, 0.25) is 15.1 Å². The highest BCUT2D eigenvalue weighted by Crippen LogP contribution is 2.33. The highest BCUT2D eigenvalue weighted by atomic mass is 35.5. The zero-order valence-corrected chi connectivity index (χ0v) is 14.4. The lowest BCUT2D eigenvalue weighted by Crippen LogP contribution is -2.30. The minimum Gasteiger partial charge on any atom is -0.295 e. The molecule has 0 saturated heterocycles. The fraction of sp³-hybridized carbons (Fsp3) is 0. The Morgan fingerprint density at radius 1 is 1.04 bits per heavy atom. The van der Waals surface area contributed by atoms with Crippen LogP contribution in [0.25, 0.3) is 5.69 Å². The van der Waals surface area contributed by atoms with Gasteiger partial charge < -0.3 is 0 Å². The number of carbonyl (C=O) groups is 1. The van der Waals surface area contributed by atoms with Gasteiger partial charge in [-0.25, -0.2) is 4.68 Å². The predicted molar refractivity (Wildman–Crippen MR) is 96.1 cm³/mol. The van der Waals surface area contributed by atoms with E-state index >= 15 is 0 Å². The number of anilines is 1. The van der Waals surface area contributed by atoms with Gasteiger partial charge >= 0.3 is 0 Å². The lowest BCUT2D eigenvalue weighted by Gasteiger charge is -2.14. The van der Waals surface area contributed by atoms with Crippen molar-refractivity contribution < 1.29 is 4.79 Å². The third-order valence-electron chi connectivity index (χ3n) is 3.21. The maximum Gasteiger partial charge on any atom is 0.271 e. The summed E-state index contributed by atoms with van der Waals surface area (Å²) in [6, 6.07) is 11.9. The number of para-hydroxylation sites is 1. The lowest BCUT2D eigenvalue weighted by atomic mass is 10.1. The summed E-state index contributed by atoms with van der Waals surface area (Å²) >= 11 is 18.0. The molecule has 0 saturated carbocycles. The average molecular weight is 382 g/mol. The fourth-order valence-corrected chi connectivity index (χ4v) is 3.04. The lowest BCUT2D eigenvalue weighted by molar-refractivity contribution is 0.0962. The molecular weight excluding hydrogens is 371 g/mol. The summed E-state index contributed by atoms with van der Waals surface area (Å²) in [4.78, 5) is 12.5. The van der Waals surface area contributed by atoms with Gasteiger partial charge in [0.15, 0.2) is 0 Å². The fourth-order valence-electron chi connectivity index (χ4n) is 2.12. The van der Waals surface area contributed by atoms with Gasteiger partial charge in [0.05, 0.1) is 27.0 Å². The van der Waals surface area contributed by atoms with Gasteiger partial charge in [-0.2, -0.15) is 5.10 Å². The van der Waals surface area contributed by atoms with Crippen molar-refractivity contribution >= 4 is 46.4 Å². The first-order chi connectivity index (χ1) is 11.6. The number of nitrogens with zero attached hydrogens (tertiary/aromatic N) is 2. The largest absolute Gasteiger partial charge is 0.295 e. The second kappa shape index (κ2) is 7.13. The molecule has 0 atom stereocenters. The number of rotatable bonds is 4. The van der Waals surface area contributed by atoms with E-state index in [1.165, 1.54) is 12.1 Å². The molecule has 0 aliphatic rings. The second-order valence-electron chi connectivity index (χ2n) is 4.79. The molecule has 1 amide bonds. The Kier molecular flexibility index (Phi) is 4.94. The van der Waals surface area contributed by atoms with Crippen molar-refractivity contribution in [2.24, 2.45) is 0 Å². The van der Waals surface area contributed by atoms with Crippen LogP contribution in [-0.2, 0) is 0 Å². The molecule has 1 aromatic heterocycles. The van der Waals surface area contributed by atoms with E-state index in [2.05, 4.69) is 16.0 Å². The van der Waals surface area contributed by atoms with Gasteiger partial charge in [-0.1, -0.05) is 46.9 Å². The van der Waals surface area contributed by atoms with E-state index in [-0.39, 0.29) is 5.91 Å². The first-order valence-corrected chi connectivity index (χ1v) is 7.99. The molecule has 0 aliphatic carbocycles. The van der Waals surface area contributed by atoms with Crippen molar-refractivity contribution in [3.8, 4) is 5.69 Å². The van der Waals surface area contributed by atoms with Gasteiger partial charge in [0.25, 0.3) is 5.91 Å². The van der Waals surface area contributed by atoms with Crippen LogP contribution < -0.4 is 10.9 Å². The topological polar surface area (TPSA) is 59.0 Å². The van der Waals surface area contributed by atoms with Crippen molar-refractivity contribution in [1.82, 2.24) is 15.2 Å². The van der Waals surface area contributed by atoms with Crippen molar-refractivity contribution in [3.05, 3.63) is 75.5 Å². The Labute approximate surface area is 153 Å². The molecule has 5 nitrogen and oxygen atoms in total.